The second-order valence-electron chi connectivity index (χ2n) is 11.1. The summed E-state index contributed by atoms with van der Waals surface area (Å²) in [5, 5.41) is 0. The van der Waals surface area contributed by atoms with E-state index in [9.17, 15) is 4.79 Å². The van der Waals surface area contributed by atoms with Crippen molar-refractivity contribution in [2.75, 3.05) is 34.4 Å². The Morgan fingerprint density at radius 3 is 2.33 bits per heavy atom. The number of hydrogen-bond acceptors (Lipinski definition) is 6. The lowest BCUT2D eigenvalue weighted by molar-refractivity contribution is 0.0504. The van der Waals surface area contributed by atoms with Crippen molar-refractivity contribution in [1.82, 2.24) is 4.90 Å². The molecular formula is C35H45NO6. The van der Waals surface area contributed by atoms with Crippen LogP contribution in [0.1, 0.15) is 74.9 Å². The van der Waals surface area contributed by atoms with Crippen LogP contribution < -0.4 is 14.2 Å². The Morgan fingerprint density at radius 1 is 1.00 bits per heavy atom. The average Bonchev–Trinajstić information content (AvgIpc) is 3.29. The summed E-state index contributed by atoms with van der Waals surface area (Å²) < 4.78 is 27.8. The van der Waals surface area contributed by atoms with Gasteiger partial charge >= 0.3 is 0 Å². The van der Waals surface area contributed by atoms with Gasteiger partial charge in [0.1, 0.15) is 17.2 Å². The molecule has 0 N–H and O–H groups in total. The highest BCUT2D eigenvalue weighted by atomic mass is 16.7. The Balaban J connectivity index is 1.73. The molecule has 1 heterocycles. The maximum absolute atomic E-state index is 13.5. The number of fused-ring (bicyclic) bond motifs is 1. The van der Waals surface area contributed by atoms with Crippen molar-refractivity contribution < 1.29 is 28.5 Å². The molecule has 0 bridgehead atoms. The van der Waals surface area contributed by atoms with Gasteiger partial charge < -0.3 is 28.6 Å². The molecule has 7 nitrogen and oxygen atoms in total. The van der Waals surface area contributed by atoms with Crippen LogP contribution in [0.3, 0.4) is 0 Å². The average molecular weight is 576 g/mol. The summed E-state index contributed by atoms with van der Waals surface area (Å²) in [6.07, 6.45) is 14.7. The summed E-state index contributed by atoms with van der Waals surface area (Å²) in [7, 11) is 3.14. The van der Waals surface area contributed by atoms with E-state index in [0.717, 1.165) is 36.1 Å². The topological polar surface area (TPSA) is 66.5 Å². The number of benzene rings is 2. The Morgan fingerprint density at radius 2 is 1.69 bits per heavy atom. The molecule has 0 radical (unpaired) electrons. The Labute approximate surface area is 251 Å². The smallest absolute Gasteiger partial charge is 0.254 e. The van der Waals surface area contributed by atoms with E-state index in [4.69, 9.17) is 30.1 Å². The summed E-state index contributed by atoms with van der Waals surface area (Å²) >= 11 is 0. The first kappa shape index (κ1) is 32.8. The van der Waals surface area contributed by atoms with Crippen LogP contribution in [0.4, 0.5) is 0 Å². The summed E-state index contributed by atoms with van der Waals surface area (Å²) in [6.45, 7) is 9.56. The second kappa shape index (κ2) is 16.1. The van der Waals surface area contributed by atoms with Crippen LogP contribution in [0.5, 0.6) is 17.2 Å². The third kappa shape index (κ3) is 9.68. The molecule has 1 aliphatic rings. The molecule has 7 heteroatoms. The van der Waals surface area contributed by atoms with Crippen LogP contribution >= 0.6 is 0 Å². The van der Waals surface area contributed by atoms with Crippen LogP contribution in [0.25, 0.3) is 0 Å². The lowest BCUT2D eigenvalue weighted by atomic mass is 9.98. The van der Waals surface area contributed by atoms with Crippen LogP contribution in [0.2, 0.25) is 0 Å². The van der Waals surface area contributed by atoms with E-state index in [-0.39, 0.29) is 19.5 Å². The normalized spacial score (nSPS) is 14.2. The Hall–Kier alpha value is -3.73. The predicted molar refractivity (Wildman–Crippen MR) is 166 cm³/mol. The largest absolute Gasteiger partial charge is 0.474 e. The number of nitrogens with zero attached hydrogens (tertiary/aromatic N) is 1. The molecule has 42 heavy (non-hydrogen) atoms. The van der Waals surface area contributed by atoms with Crippen molar-refractivity contribution in [3.63, 3.8) is 0 Å². The number of allylic oxidation sites excluding steroid dienone is 4. The quantitative estimate of drug-likeness (QED) is 0.114. The standard InChI is InChI=1S/C35H45NO6/c1-8-35(5,19-10-13-27(4)12-9-11-26(2)3)42-33-22-30(41-25-39-7)21-31-32(33)23-36(34(31)37)20-18-28-14-16-29(17-15-28)40-24-38-6/h1,11,13-17,21-22H,9-10,12,18-20,23-25H2,2-7H3/b27-13+. The van der Waals surface area contributed by atoms with Gasteiger partial charge in [0, 0.05) is 38.8 Å². The van der Waals surface area contributed by atoms with Gasteiger partial charge in [0.15, 0.2) is 19.2 Å². The molecule has 0 spiro atoms. The predicted octanol–water partition coefficient (Wildman–Crippen LogP) is 7.09. The minimum atomic E-state index is -0.854. The molecule has 0 saturated carbocycles. The van der Waals surface area contributed by atoms with E-state index in [0.29, 0.717) is 43.0 Å². The fourth-order valence-corrected chi connectivity index (χ4v) is 4.71. The third-order valence-electron chi connectivity index (χ3n) is 7.18. The third-order valence-corrected chi connectivity index (χ3v) is 7.18. The van der Waals surface area contributed by atoms with Crippen molar-refractivity contribution in [2.24, 2.45) is 0 Å². The molecule has 1 amide bonds. The monoisotopic (exact) mass is 575 g/mol. The number of hydrogen-bond donors (Lipinski definition) is 0. The first-order valence-corrected chi connectivity index (χ1v) is 14.4. The lowest BCUT2D eigenvalue weighted by Crippen LogP contribution is -2.30. The van der Waals surface area contributed by atoms with Crippen LogP contribution in [-0.2, 0) is 22.4 Å². The number of carbonyl (C=O) groups excluding carboxylic acids is 1. The highest BCUT2D eigenvalue weighted by Crippen LogP contribution is 2.38. The number of amides is 1. The van der Waals surface area contributed by atoms with E-state index in [1.54, 1.807) is 20.3 Å². The van der Waals surface area contributed by atoms with Gasteiger partial charge in [-0.3, -0.25) is 4.79 Å². The molecule has 1 unspecified atom stereocenters. The molecular weight excluding hydrogens is 530 g/mol. The molecule has 0 fully saturated rings. The number of carbonyl (C=O) groups is 1. The molecule has 226 valence electrons. The van der Waals surface area contributed by atoms with Gasteiger partial charge in [0.25, 0.3) is 5.91 Å². The van der Waals surface area contributed by atoms with Gasteiger partial charge in [-0.2, -0.15) is 0 Å². The maximum Gasteiger partial charge on any atom is 0.254 e. The van der Waals surface area contributed by atoms with Crippen molar-refractivity contribution in [3.05, 3.63) is 76.4 Å². The molecule has 1 atom stereocenters. The summed E-state index contributed by atoms with van der Waals surface area (Å²) in [5.41, 5.74) is 4.31. The highest BCUT2D eigenvalue weighted by Gasteiger charge is 2.33. The summed E-state index contributed by atoms with van der Waals surface area (Å²) in [6, 6.07) is 11.4. The SMILES string of the molecule is C#CC(C)(CC/C=C(\C)CCC=C(C)C)Oc1cc(OCOC)cc2c1CN(CCc1ccc(OCOC)cc1)C2=O. The fourth-order valence-electron chi connectivity index (χ4n) is 4.71. The zero-order valence-corrected chi connectivity index (χ0v) is 26.0. The van der Waals surface area contributed by atoms with Gasteiger partial charge in [0.2, 0.25) is 0 Å². The number of ether oxygens (including phenoxy) is 5. The minimum Gasteiger partial charge on any atom is -0.474 e. The van der Waals surface area contributed by atoms with E-state index >= 15 is 0 Å². The van der Waals surface area contributed by atoms with Crippen molar-refractivity contribution in [3.8, 4) is 29.6 Å². The minimum absolute atomic E-state index is 0.0590. The molecule has 0 aliphatic carbocycles. The van der Waals surface area contributed by atoms with Crippen LogP contribution in [-0.4, -0.2) is 50.8 Å². The number of rotatable bonds is 17. The lowest BCUT2D eigenvalue weighted by Gasteiger charge is -2.27. The van der Waals surface area contributed by atoms with E-state index < -0.39 is 5.60 Å². The zero-order valence-electron chi connectivity index (χ0n) is 26.0. The van der Waals surface area contributed by atoms with E-state index in [1.807, 2.05) is 42.2 Å². The van der Waals surface area contributed by atoms with Crippen LogP contribution in [0.15, 0.2) is 59.7 Å². The van der Waals surface area contributed by atoms with Crippen molar-refractivity contribution >= 4 is 5.91 Å². The number of terminal acetylenes is 1. The number of methoxy groups -OCH3 is 2. The molecule has 0 saturated heterocycles. The molecule has 1 aliphatic heterocycles. The summed E-state index contributed by atoms with van der Waals surface area (Å²) in [4.78, 5) is 15.3. The van der Waals surface area contributed by atoms with Crippen LogP contribution in [0, 0.1) is 12.3 Å². The van der Waals surface area contributed by atoms with Gasteiger partial charge in [-0.1, -0.05) is 41.4 Å². The first-order valence-electron chi connectivity index (χ1n) is 14.4. The Kier molecular flexibility index (Phi) is 12.5. The van der Waals surface area contributed by atoms with Gasteiger partial charge in [-0.25, -0.2) is 0 Å². The highest BCUT2D eigenvalue weighted by molar-refractivity contribution is 5.99. The molecule has 2 aromatic carbocycles. The van der Waals surface area contributed by atoms with Gasteiger partial charge in [-0.05, 0) is 77.1 Å². The fraction of sp³-hybridized carbons (Fsp3) is 0.457. The zero-order chi connectivity index (χ0) is 30.5. The first-order chi connectivity index (χ1) is 20.2. The molecule has 0 aromatic heterocycles. The maximum atomic E-state index is 13.5. The molecule has 3 rings (SSSR count). The Bertz CT molecular complexity index is 1290. The van der Waals surface area contributed by atoms with E-state index in [1.165, 1.54) is 11.1 Å². The second-order valence-corrected chi connectivity index (χ2v) is 11.1. The van der Waals surface area contributed by atoms with Crippen molar-refractivity contribution in [2.45, 2.75) is 71.9 Å². The van der Waals surface area contributed by atoms with Gasteiger partial charge in [0.05, 0.1) is 12.1 Å². The van der Waals surface area contributed by atoms with Gasteiger partial charge in [-0.15, -0.1) is 6.42 Å². The summed E-state index contributed by atoms with van der Waals surface area (Å²) in [5.74, 6) is 4.60. The van der Waals surface area contributed by atoms with Crippen molar-refractivity contribution in [1.29, 1.82) is 0 Å². The molecule has 2 aromatic rings. The van der Waals surface area contributed by atoms with E-state index in [2.05, 4.69) is 38.8 Å².